The van der Waals surface area contributed by atoms with E-state index in [4.69, 9.17) is 5.14 Å². The average Bonchev–Trinajstić information content (AvgIpc) is 3.20. The summed E-state index contributed by atoms with van der Waals surface area (Å²) in [6.07, 6.45) is 0.857. The molecule has 1 fully saturated rings. The Kier molecular flexibility index (Phi) is 4.21. The van der Waals surface area contributed by atoms with Crippen LogP contribution in [0.1, 0.15) is 46.3 Å². The average molecular weight is 358 g/mol. The van der Waals surface area contributed by atoms with Gasteiger partial charge in [-0.3, -0.25) is 4.79 Å². The fourth-order valence-electron chi connectivity index (χ4n) is 3.26. The Hall–Kier alpha value is -2.18. The number of nitrogens with two attached hydrogens (primary N) is 1. The van der Waals surface area contributed by atoms with Gasteiger partial charge < -0.3 is 5.32 Å². The maximum Gasteiger partial charge on any atom is 0.251 e. The highest BCUT2D eigenvalue weighted by Gasteiger charge is 2.51. The molecule has 2 atom stereocenters. The van der Waals surface area contributed by atoms with Crippen molar-refractivity contribution in [2.75, 3.05) is 0 Å². The first kappa shape index (κ1) is 17.6. The maximum absolute atomic E-state index is 12.7. The molecule has 1 saturated carbocycles. The molecule has 0 radical (unpaired) electrons. The van der Waals surface area contributed by atoms with Crippen molar-refractivity contribution in [1.29, 1.82) is 0 Å². The van der Waals surface area contributed by atoms with E-state index in [1.807, 2.05) is 25.1 Å². The zero-order valence-electron chi connectivity index (χ0n) is 14.5. The molecule has 3 rings (SSSR count). The Morgan fingerprint density at radius 2 is 1.84 bits per heavy atom. The number of sulfonamides is 1. The van der Waals surface area contributed by atoms with Crippen LogP contribution in [-0.4, -0.2) is 19.9 Å². The first-order chi connectivity index (χ1) is 11.6. The van der Waals surface area contributed by atoms with E-state index < -0.39 is 10.0 Å². The van der Waals surface area contributed by atoms with Crippen LogP contribution in [0.5, 0.6) is 0 Å². The fourth-order valence-corrected chi connectivity index (χ4v) is 4.14. The Labute approximate surface area is 148 Å². The summed E-state index contributed by atoms with van der Waals surface area (Å²) in [7, 11) is -3.87. The predicted molar refractivity (Wildman–Crippen MR) is 97.0 cm³/mol. The summed E-state index contributed by atoms with van der Waals surface area (Å²) in [5, 5.41) is 8.32. The highest BCUT2D eigenvalue weighted by molar-refractivity contribution is 7.89. The molecule has 0 aliphatic heterocycles. The van der Waals surface area contributed by atoms with Gasteiger partial charge in [-0.05, 0) is 56.0 Å². The molecule has 1 aliphatic rings. The van der Waals surface area contributed by atoms with Crippen molar-refractivity contribution >= 4 is 15.9 Å². The van der Waals surface area contributed by atoms with Crippen molar-refractivity contribution in [1.82, 2.24) is 5.32 Å². The summed E-state index contributed by atoms with van der Waals surface area (Å²) in [4.78, 5) is 12.7. The number of primary sulfonamides is 1. The summed E-state index contributed by atoms with van der Waals surface area (Å²) in [6, 6.07) is 13.1. The number of carbonyl (C=O) groups is 1. The van der Waals surface area contributed by atoms with Gasteiger partial charge >= 0.3 is 0 Å². The summed E-state index contributed by atoms with van der Waals surface area (Å²) >= 11 is 0. The number of nitrogens with one attached hydrogen (secondary N) is 1. The van der Waals surface area contributed by atoms with E-state index in [9.17, 15) is 13.2 Å². The molecule has 2 aromatic rings. The van der Waals surface area contributed by atoms with Gasteiger partial charge in [-0.25, -0.2) is 13.6 Å². The molecule has 3 N–H and O–H groups in total. The van der Waals surface area contributed by atoms with Gasteiger partial charge in [-0.2, -0.15) is 0 Å². The normalized spacial score (nSPS) is 22.5. The molecular formula is C19H22N2O3S. The predicted octanol–water partition coefficient (Wildman–Crippen LogP) is 2.63. The van der Waals surface area contributed by atoms with Crippen LogP contribution in [0.2, 0.25) is 0 Å². The van der Waals surface area contributed by atoms with Gasteiger partial charge in [0.25, 0.3) is 5.91 Å². The van der Waals surface area contributed by atoms with E-state index in [0.29, 0.717) is 11.1 Å². The molecule has 6 heteroatoms. The third-order valence-electron chi connectivity index (χ3n) is 5.03. The van der Waals surface area contributed by atoms with Crippen LogP contribution in [-0.2, 0) is 10.0 Å². The molecule has 2 aromatic carbocycles. The van der Waals surface area contributed by atoms with Crippen LogP contribution in [0.25, 0.3) is 0 Å². The first-order valence-corrected chi connectivity index (χ1v) is 9.68. The number of hydrogen-bond donors (Lipinski definition) is 2. The van der Waals surface area contributed by atoms with Crippen molar-refractivity contribution in [3.05, 3.63) is 64.7 Å². The van der Waals surface area contributed by atoms with Crippen LogP contribution in [0.15, 0.2) is 47.4 Å². The van der Waals surface area contributed by atoms with Crippen molar-refractivity contribution in [2.45, 2.75) is 43.5 Å². The largest absolute Gasteiger partial charge is 0.346 e. The standard InChI is InChI=1S/C19H22N2O3S/c1-12-9-15(10-17(13(12)2)25(20,23)24)18(22)21-19(3)11-16(19)14-7-5-4-6-8-14/h4-10,16H,11H2,1-3H3,(H,21,22)(H2,20,23,24)/t16-,19+/m1/s1. The Morgan fingerprint density at radius 3 is 2.44 bits per heavy atom. The molecule has 0 bridgehead atoms. The summed E-state index contributed by atoms with van der Waals surface area (Å²) in [5.41, 5.74) is 2.47. The zero-order chi connectivity index (χ0) is 18.4. The molecule has 0 aromatic heterocycles. The zero-order valence-corrected chi connectivity index (χ0v) is 15.4. The highest BCUT2D eigenvalue weighted by atomic mass is 32.2. The van der Waals surface area contributed by atoms with E-state index in [2.05, 4.69) is 17.4 Å². The highest BCUT2D eigenvalue weighted by Crippen LogP contribution is 2.51. The lowest BCUT2D eigenvalue weighted by molar-refractivity contribution is 0.0933. The van der Waals surface area contributed by atoms with Crippen LogP contribution in [0.4, 0.5) is 0 Å². The minimum absolute atomic E-state index is 0.00166. The SMILES string of the molecule is Cc1cc(C(=O)N[C@@]2(C)C[C@@H]2c2ccccc2)cc(S(N)(=O)=O)c1C. The van der Waals surface area contributed by atoms with E-state index in [0.717, 1.165) is 12.0 Å². The van der Waals surface area contributed by atoms with Crippen LogP contribution < -0.4 is 10.5 Å². The van der Waals surface area contributed by atoms with Gasteiger partial charge in [0.15, 0.2) is 0 Å². The van der Waals surface area contributed by atoms with Crippen molar-refractivity contribution in [3.8, 4) is 0 Å². The van der Waals surface area contributed by atoms with Crippen molar-refractivity contribution < 1.29 is 13.2 Å². The first-order valence-electron chi connectivity index (χ1n) is 8.13. The molecule has 0 heterocycles. The maximum atomic E-state index is 12.7. The second kappa shape index (κ2) is 5.97. The van der Waals surface area contributed by atoms with E-state index in [1.54, 1.807) is 19.9 Å². The lowest BCUT2D eigenvalue weighted by Crippen LogP contribution is -2.36. The van der Waals surface area contributed by atoms with Crippen molar-refractivity contribution in [2.24, 2.45) is 5.14 Å². The molecule has 0 spiro atoms. The van der Waals surface area contributed by atoms with Gasteiger partial charge in [0.2, 0.25) is 10.0 Å². The number of benzene rings is 2. The van der Waals surface area contributed by atoms with Crippen molar-refractivity contribution in [3.63, 3.8) is 0 Å². The molecule has 25 heavy (non-hydrogen) atoms. The van der Waals surface area contributed by atoms with E-state index in [-0.39, 0.29) is 22.3 Å². The van der Waals surface area contributed by atoms with Gasteiger partial charge in [0.05, 0.1) is 4.90 Å². The summed E-state index contributed by atoms with van der Waals surface area (Å²) in [6.45, 7) is 5.46. The van der Waals surface area contributed by atoms with E-state index in [1.165, 1.54) is 11.6 Å². The van der Waals surface area contributed by atoms with Crippen LogP contribution in [0, 0.1) is 13.8 Å². The summed E-state index contributed by atoms with van der Waals surface area (Å²) < 4.78 is 23.5. The quantitative estimate of drug-likeness (QED) is 0.880. The molecule has 0 saturated heterocycles. The molecule has 5 nitrogen and oxygen atoms in total. The Morgan fingerprint density at radius 1 is 1.20 bits per heavy atom. The van der Waals surface area contributed by atoms with Gasteiger partial charge in [0.1, 0.15) is 0 Å². The fraction of sp³-hybridized carbons (Fsp3) is 0.316. The van der Waals surface area contributed by atoms with Gasteiger partial charge in [-0.1, -0.05) is 30.3 Å². The molecule has 1 amide bonds. The minimum Gasteiger partial charge on any atom is -0.346 e. The Bertz CT molecular complexity index is 939. The van der Waals surface area contributed by atoms with Gasteiger partial charge in [0, 0.05) is 17.0 Å². The topological polar surface area (TPSA) is 89.3 Å². The van der Waals surface area contributed by atoms with Crippen LogP contribution >= 0.6 is 0 Å². The molecule has 0 unspecified atom stereocenters. The third kappa shape index (κ3) is 3.45. The number of aryl methyl sites for hydroxylation is 1. The smallest absolute Gasteiger partial charge is 0.251 e. The monoisotopic (exact) mass is 358 g/mol. The van der Waals surface area contributed by atoms with Gasteiger partial charge in [-0.15, -0.1) is 0 Å². The second-order valence-electron chi connectivity index (χ2n) is 7.00. The molecular weight excluding hydrogens is 336 g/mol. The number of rotatable bonds is 4. The lowest BCUT2D eigenvalue weighted by Gasteiger charge is -2.16. The van der Waals surface area contributed by atoms with Crippen LogP contribution in [0.3, 0.4) is 0 Å². The minimum atomic E-state index is -3.87. The summed E-state index contributed by atoms with van der Waals surface area (Å²) in [5.74, 6) is -0.0177. The molecule has 132 valence electrons. The number of hydrogen-bond acceptors (Lipinski definition) is 3. The lowest BCUT2D eigenvalue weighted by atomic mass is 10.0. The Balaban J connectivity index is 1.85. The molecule has 1 aliphatic carbocycles. The number of amides is 1. The second-order valence-corrected chi connectivity index (χ2v) is 8.53. The number of carbonyl (C=O) groups excluding carboxylic acids is 1. The third-order valence-corrected chi connectivity index (χ3v) is 6.06. The van der Waals surface area contributed by atoms with E-state index >= 15 is 0 Å².